The predicted octanol–water partition coefficient (Wildman–Crippen LogP) is 13.5. The molecule has 0 saturated heterocycles. The minimum Gasteiger partial charge on any atom is -0.208 e. The van der Waals surface area contributed by atoms with Crippen LogP contribution in [0.4, 0.5) is 0 Å². The lowest BCUT2D eigenvalue weighted by atomic mass is 9.92. The van der Waals surface area contributed by atoms with E-state index in [1.807, 2.05) is 0 Å². The summed E-state index contributed by atoms with van der Waals surface area (Å²) in [5.74, 6) is 1.95. The molecule has 0 aliphatic heterocycles. The minimum absolute atomic E-state index is 0.649. The Bertz CT molecular complexity index is 3190. The van der Waals surface area contributed by atoms with Crippen LogP contribution in [0.15, 0.2) is 188 Å². The molecule has 0 saturated carbocycles. The smallest absolute Gasteiger partial charge is 0.164 e. The molecule has 1 heterocycles. The molecule has 10 aromatic carbocycles. The molecule has 250 valence electrons. The minimum atomic E-state index is 0.649. The van der Waals surface area contributed by atoms with Crippen molar-refractivity contribution in [2.24, 2.45) is 0 Å². The van der Waals surface area contributed by atoms with Gasteiger partial charge in [-0.05, 0) is 100 Å². The quantitative estimate of drug-likeness (QED) is 0.173. The van der Waals surface area contributed by atoms with Crippen molar-refractivity contribution in [3.05, 3.63) is 188 Å². The molecular formula is C51H31N3. The van der Waals surface area contributed by atoms with Gasteiger partial charge in [-0.3, -0.25) is 0 Å². The van der Waals surface area contributed by atoms with E-state index in [2.05, 4.69) is 188 Å². The average Bonchev–Trinajstić information content (AvgIpc) is 3.25. The van der Waals surface area contributed by atoms with E-state index >= 15 is 0 Å². The maximum atomic E-state index is 5.19. The molecule has 0 aliphatic carbocycles. The van der Waals surface area contributed by atoms with Crippen molar-refractivity contribution in [3.8, 4) is 45.3 Å². The lowest BCUT2D eigenvalue weighted by Crippen LogP contribution is -2.01. The summed E-state index contributed by atoms with van der Waals surface area (Å²) in [6, 6.07) is 67.2. The van der Waals surface area contributed by atoms with Gasteiger partial charge in [0.05, 0.1) is 0 Å². The van der Waals surface area contributed by atoms with Crippen LogP contribution in [-0.4, -0.2) is 15.0 Å². The van der Waals surface area contributed by atoms with Crippen LogP contribution in [-0.2, 0) is 0 Å². The van der Waals surface area contributed by atoms with E-state index in [0.29, 0.717) is 17.5 Å². The monoisotopic (exact) mass is 685 g/mol. The van der Waals surface area contributed by atoms with E-state index in [1.54, 1.807) is 0 Å². The number of benzene rings is 10. The van der Waals surface area contributed by atoms with Gasteiger partial charge in [0.2, 0.25) is 0 Å². The average molecular weight is 686 g/mol. The second kappa shape index (κ2) is 12.2. The molecule has 0 unspecified atom stereocenters. The van der Waals surface area contributed by atoms with E-state index in [-0.39, 0.29) is 0 Å². The van der Waals surface area contributed by atoms with Crippen LogP contribution in [0.2, 0.25) is 0 Å². The summed E-state index contributed by atoms with van der Waals surface area (Å²) in [5.41, 5.74) is 5.23. The fourth-order valence-electron chi connectivity index (χ4n) is 8.15. The Hall–Kier alpha value is -7.23. The fourth-order valence-corrected chi connectivity index (χ4v) is 8.15. The van der Waals surface area contributed by atoms with Gasteiger partial charge in [-0.25, -0.2) is 15.0 Å². The molecule has 3 heteroatoms. The normalized spacial score (nSPS) is 11.7. The van der Waals surface area contributed by atoms with Crippen LogP contribution in [0, 0.1) is 0 Å². The zero-order valence-electron chi connectivity index (χ0n) is 29.2. The summed E-state index contributed by atoms with van der Waals surface area (Å²) in [4.78, 5) is 15.5. The van der Waals surface area contributed by atoms with E-state index in [9.17, 15) is 0 Å². The molecule has 0 radical (unpaired) electrons. The van der Waals surface area contributed by atoms with Crippen LogP contribution in [0.3, 0.4) is 0 Å². The Labute approximate surface area is 311 Å². The highest BCUT2D eigenvalue weighted by Gasteiger charge is 2.17. The molecule has 0 atom stereocenters. The molecule has 0 N–H and O–H groups in total. The number of hydrogen-bond donors (Lipinski definition) is 0. The lowest BCUT2D eigenvalue weighted by Gasteiger charge is -2.14. The Morgan fingerprint density at radius 2 is 0.630 bits per heavy atom. The molecule has 0 amide bonds. The van der Waals surface area contributed by atoms with Gasteiger partial charge in [-0.1, -0.05) is 164 Å². The van der Waals surface area contributed by atoms with Crippen LogP contribution >= 0.6 is 0 Å². The summed E-state index contributed by atoms with van der Waals surface area (Å²) in [6.07, 6.45) is 0. The van der Waals surface area contributed by atoms with Gasteiger partial charge >= 0.3 is 0 Å². The van der Waals surface area contributed by atoms with Gasteiger partial charge in [0, 0.05) is 16.7 Å². The zero-order chi connectivity index (χ0) is 35.6. The van der Waals surface area contributed by atoms with Crippen molar-refractivity contribution in [2.75, 3.05) is 0 Å². The van der Waals surface area contributed by atoms with Gasteiger partial charge < -0.3 is 0 Å². The highest BCUT2D eigenvalue weighted by Crippen LogP contribution is 2.39. The van der Waals surface area contributed by atoms with Crippen LogP contribution in [0.5, 0.6) is 0 Å². The highest BCUT2D eigenvalue weighted by molar-refractivity contribution is 6.18. The molecule has 54 heavy (non-hydrogen) atoms. The van der Waals surface area contributed by atoms with Gasteiger partial charge in [-0.2, -0.15) is 0 Å². The van der Waals surface area contributed by atoms with Gasteiger partial charge in [0.1, 0.15) is 0 Å². The number of aromatic nitrogens is 3. The number of rotatable bonds is 4. The summed E-state index contributed by atoms with van der Waals surface area (Å²) in [5, 5.41) is 14.5. The molecule has 0 aliphatic rings. The van der Waals surface area contributed by atoms with Gasteiger partial charge in [-0.15, -0.1) is 0 Å². The maximum absolute atomic E-state index is 5.19. The zero-order valence-corrected chi connectivity index (χ0v) is 29.2. The van der Waals surface area contributed by atoms with E-state index in [4.69, 9.17) is 15.0 Å². The van der Waals surface area contributed by atoms with Crippen LogP contribution in [0.1, 0.15) is 0 Å². The van der Waals surface area contributed by atoms with Crippen LogP contribution in [0.25, 0.3) is 110 Å². The van der Waals surface area contributed by atoms with Crippen molar-refractivity contribution >= 4 is 64.6 Å². The number of fused-ring (bicyclic) bond motifs is 8. The third-order valence-electron chi connectivity index (χ3n) is 10.9. The first kappa shape index (κ1) is 30.4. The standard InChI is InChI=1S/C51H31N3/c1-3-12-35-29-39(19-17-32(35)9-1)49-52-50(40-20-18-33-10-2-4-13-36(33)30-40)54-51(53-49)48-28-27-43(44-15-7-8-16-45(44)48)37-22-24-42-38(31-37)23-26-46-41-14-6-5-11-34(41)21-25-47(42)46/h1-31H. The first-order chi connectivity index (χ1) is 26.7. The van der Waals surface area contributed by atoms with Crippen molar-refractivity contribution in [3.63, 3.8) is 0 Å². The summed E-state index contributed by atoms with van der Waals surface area (Å²) in [7, 11) is 0. The molecular weight excluding hydrogens is 655 g/mol. The molecule has 1 aromatic heterocycles. The summed E-state index contributed by atoms with van der Waals surface area (Å²) in [6.45, 7) is 0. The Morgan fingerprint density at radius 1 is 0.222 bits per heavy atom. The van der Waals surface area contributed by atoms with Gasteiger partial charge in [0.15, 0.2) is 17.5 Å². The van der Waals surface area contributed by atoms with Crippen molar-refractivity contribution in [2.45, 2.75) is 0 Å². The Balaban J connectivity index is 1.08. The van der Waals surface area contributed by atoms with E-state index in [1.165, 1.54) is 54.2 Å². The third kappa shape index (κ3) is 5.02. The predicted molar refractivity (Wildman–Crippen MR) is 227 cm³/mol. The third-order valence-corrected chi connectivity index (χ3v) is 10.9. The molecule has 0 bridgehead atoms. The van der Waals surface area contributed by atoms with Crippen molar-refractivity contribution in [1.29, 1.82) is 0 Å². The summed E-state index contributed by atoms with van der Waals surface area (Å²) < 4.78 is 0. The van der Waals surface area contributed by atoms with Crippen molar-refractivity contribution < 1.29 is 0 Å². The van der Waals surface area contributed by atoms with Crippen molar-refractivity contribution in [1.82, 2.24) is 15.0 Å². The molecule has 11 aromatic rings. The largest absolute Gasteiger partial charge is 0.208 e. The summed E-state index contributed by atoms with van der Waals surface area (Å²) >= 11 is 0. The highest BCUT2D eigenvalue weighted by atomic mass is 15.0. The number of hydrogen-bond acceptors (Lipinski definition) is 3. The Kier molecular flexibility index (Phi) is 6.86. The first-order valence-electron chi connectivity index (χ1n) is 18.3. The van der Waals surface area contributed by atoms with E-state index < -0.39 is 0 Å². The molecule has 0 fully saturated rings. The van der Waals surface area contributed by atoms with E-state index in [0.717, 1.165) is 38.2 Å². The second-order valence-electron chi connectivity index (χ2n) is 14.0. The topological polar surface area (TPSA) is 38.7 Å². The SMILES string of the molecule is c1ccc2cc(-c3nc(-c4ccc5ccccc5c4)nc(-c4ccc(-c5ccc6c(ccc7c8ccccc8ccc67)c5)c5ccccc45)n3)ccc2c1. The fraction of sp³-hybridized carbons (Fsp3) is 0. The second-order valence-corrected chi connectivity index (χ2v) is 14.0. The first-order valence-corrected chi connectivity index (χ1v) is 18.3. The number of nitrogens with zero attached hydrogens (tertiary/aromatic N) is 3. The Morgan fingerprint density at radius 3 is 1.28 bits per heavy atom. The molecule has 0 spiro atoms. The lowest BCUT2D eigenvalue weighted by molar-refractivity contribution is 1.08. The molecule has 11 rings (SSSR count). The van der Waals surface area contributed by atoms with Crippen LogP contribution < -0.4 is 0 Å². The maximum Gasteiger partial charge on any atom is 0.164 e. The molecule has 3 nitrogen and oxygen atoms in total. The van der Waals surface area contributed by atoms with Gasteiger partial charge in [0.25, 0.3) is 0 Å².